The summed E-state index contributed by atoms with van der Waals surface area (Å²) >= 11 is 7.67. The molecule has 21 heavy (non-hydrogen) atoms. The quantitative estimate of drug-likeness (QED) is 0.854. The highest BCUT2D eigenvalue weighted by Gasteiger charge is 2.24. The van der Waals surface area contributed by atoms with Crippen molar-refractivity contribution in [1.29, 1.82) is 0 Å². The smallest absolute Gasteiger partial charge is 0.240 e. The van der Waals surface area contributed by atoms with Gasteiger partial charge in [0.05, 0.1) is 9.92 Å². The highest BCUT2D eigenvalue weighted by molar-refractivity contribution is 7.99. The zero-order valence-corrected chi connectivity index (χ0v) is 14.0. The molecular formula is C13H18ClFN2O2S2. The standard InChI is InChI=1S/C13H18ClFN2O2S2/c1-16-8-9-6-11(7-12(15)13(9)14)21(18,19)17-10-2-4-20-5-3-10/h6-7,10,16-17H,2-5,8H2,1H3. The molecule has 0 bridgehead atoms. The Hall–Kier alpha value is -0.340. The van der Waals surface area contributed by atoms with E-state index in [0.717, 1.165) is 30.4 Å². The number of hydrogen-bond donors (Lipinski definition) is 2. The maximum absolute atomic E-state index is 13.8. The summed E-state index contributed by atoms with van der Waals surface area (Å²) in [6.45, 7) is 0.305. The Labute approximate surface area is 133 Å². The summed E-state index contributed by atoms with van der Waals surface area (Å²) in [6.07, 6.45) is 1.59. The van der Waals surface area contributed by atoms with E-state index in [1.54, 1.807) is 7.05 Å². The summed E-state index contributed by atoms with van der Waals surface area (Å²) < 4.78 is 41.2. The average molecular weight is 353 g/mol. The van der Waals surface area contributed by atoms with Crippen molar-refractivity contribution in [3.05, 3.63) is 28.5 Å². The van der Waals surface area contributed by atoms with Gasteiger partial charge in [0, 0.05) is 12.6 Å². The van der Waals surface area contributed by atoms with Gasteiger partial charge in [-0.1, -0.05) is 11.6 Å². The van der Waals surface area contributed by atoms with Gasteiger partial charge in [-0.25, -0.2) is 17.5 Å². The number of hydrogen-bond acceptors (Lipinski definition) is 4. The number of halogens is 2. The van der Waals surface area contributed by atoms with Crippen LogP contribution in [0.25, 0.3) is 0 Å². The highest BCUT2D eigenvalue weighted by atomic mass is 35.5. The van der Waals surface area contributed by atoms with Crippen LogP contribution >= 0.6 is 23.4 Å². The Morgan fingerprint density at radius 3 is 2.67 bits per heavy atom. The van der Waals surface area contributed by atoms with E-state index in [9.17, 15) is 12.8 Å². The molecule has 8 heteroatoms. The molecular weight excluding hydrogens is 335 g/mol. The molecule has 1 saturated heterocycles. The minimum atomic E-state index is -3.73. The Morgan fingerprint density at radius 1 is 1.38 bits per heavy atom. The monoisotopic (exact) mass is 352 g/mol. The van der Waals surface area contributed by atoms with Gasteiger partial charge >= 0.3 is 0 Å². The van der Waals surface area contributed by atoms with Crippen molar-refractivity contribution >= 4 is 33.4 Å². The Kier molecular flexibility index (Phi) is 5.90. The first kappa shape index (κ1) is 17.0. The second-order valence-electron chi connectivity index (χ2n) is 4.92. The second-order valence-corrected chi connectivity index (χ2v) is 8.23. The largest absolute Gasteiger partial charge is 0.316 e. The van der Waals surface area contributed by atoms with Gasteiger partial charge in [0.25, 0.3) is 0 Å². The van der Waals surface area contributed by atoms with Crippen LogP contribution in [0.15, 0.2) is 17.0 Å². The molecule has 0 radical (unpaired) electrons. The summed E-state index contributed by atoms with van der Waals surface area (Å²) in [5.74, 6) is 1.16. The molecule has 0 unspecified atom stereocenters. The van der Waals surface area contributed by atoms with E-state index in [2.05, 4.69) is 10.0 Å². The van der Waals surface area contributed by atoms with Gasteiger partial charge in [-0.15, -0.1) is 0 Å². The third-order valence-corrected chi connectivity index (χ3v) is 6.27. The minimum absolute atomic E-state index is 0.0441. The van der Waals surface area contributed by atoms with Gasteiger partial charge in [-0.2, -0.15) is 11.8 Å². The van der Waals surface area contributed by atoms with Crippen molar-refractivity contribution in [1.82, 2.24) is 10.0 Å². The third-order valence-electron chi connectivity index (χ3n) is 3.30. The number of nitrogens with one attached hydrogen (secondary N) is 2. The zero-order valence-electron chi connectivity index (χ0n) is 11.7. The molecule has 0 saturated carbocycles. The molecule has 0 atom stereocenters. The summed E-state index contributed by atoms with van der Waals surface area (Å²) in [5.41, 5.74) is 0.429. The van der Waals surface area contributed by atoms with Crippen LogP contribution in [-0.2, 0) is 16.6 Å². The van der Waals surface area contributed by atoms with Crippen LogP contribution in [0.4, 0.5) is 4.39 Å². The van der Waals surface area contributed by atoms with Gasteiger partial charge in [-0.3, -0.25) is 0 Å². The predicted octanol–water partition coefficient (Wildman–Crippen LogP) is 2.37. The molecule has 1 fully saturated rings. The van der Waals surface area contributed by atoms with Crippen LogP contribution in [0.1, 0.15) is 18.4 Å². The Morgan fingerprint density at radius 2 is 2.05 bits per heavy atom. The number of benzene rings is 1. The maximum Gasteiger partial charge on any atom is 0.240 e. The lowest BCUT2D eigenvalue weighted by atomic mass is 10.2. The lowest BCUT2D eigenvalue weighted by Crippen LogP contribution is -2.37. The van der Waals surface area contributed by atoms with Gasteiger partial charge in [-0.05, 0) is 49.1 Å². The van der Waals surface area contributed by atoms with Gasteiger partial charge in [0.15, 0.2) is 0 Å². The first-order valence-corrected chi connectivity index (χ1v) is 9.68. The summed E-state index contributed by atoms with van der Waals surface area (Å²) in [5, 5.41) is 2.80. The summed E-state index contributed by atoms with van der Waals surface area (Å²) in [6, 6.07) is 2.31. The average Bonchev–Trinajstić information content (AvgIpc) is 2.44. The van der Waals surface area contributed by atoms with Crippen molar-refractivity contribution in [3.8, 4) is 0 Å². The van der Waals surface area contributed by atoms with Crippen LogP contribution in [0.3, 0.4) is 0 Å². The van der Waals surface area contributed by atoms with E-state index in [4.69, 9.17) is 11.6 Å². The molecule has 1 heterocycles. The Balaban J connectivity index is 2.26. The van der Waals surface area contributed by atoms with E-state index >= 15 is 0 Å². The van der Waals surface area contributed by atoms with Crippen molar-refractivity contribution in [3.63, 3.8) is 0 Å². The maximum atomic E-state index is 13.8. The molecule has 2 N–H and O–H groups in total. The van der Waals surface area contributed by atoms with E-state index in [-0.39, 0.29) is 16.0 Å². The molecule has 0 amide bonds. The third kappa shape index (κ3) is 4.32. The molecule has 4 nitrogen and oxygen atoms in total. The van der Waals surface area contributed by atoms with E-state index < -0.39 is 15.8 Å². The lowest BCUT2D eigenvalue weighted by Gasteiger charge is -2.22. The summed E-state index contributed by atoms with van der Waals surface area (Å²) in [7, 11) is -2.04. The van der Waals surface area contributed by atoms with Crippen LogP contribution in [0.2, 0.25) is 5.02 Å². The fourth-order valence-corrected chi connectivity index (χ4v) is 4.84. The molecule has 2 rings (SSSR count). The van der Waals surface area contributed by atoms with Gasteiger partial charge in [0.1, 0.15) is 5.82 Å². The lowest BCUT2D eigenvalue weighted by molar-refractivity contribution is 0.527. The van der Waals surface area contributed by atoms with Crippen LogP contribution < -0.4 is 10.0 Å². The zero-order chi connectivity index (χ0) is 15.5. The normalized spacial score (nSPS) is 17.1. The number of rotatable bonds is 5. The fourth-order valence-electron chi connectivity index (χ4n) is 2.20. The first-order valence-electron chi connectivity index (χ1n) is 6.66. The van der Waals surface area contributed by atoms with E-state index in [1.165, 1.54) is 6.07 Å². The van der Waals surface area contributed by atoms with Gasteiger partial charge < -0.3 is 5.32 Å². The first-order chi connectivity index (χ1) is 9.94. The van der Waals surface area contributed by atoms with Gasteiger partial charge in [0.2, 0.25) is 10.0 Å². The minimum Gasteiger partial charge on any atom is -0.316 e. The Bertz CT molecular complexity index is 604. The van der Waals surface area contributed by atoms with Crippen molar-refractivity contribution in [2.45, 2.75) is 30.3 Å². The molecule has 118 valence electrons. The molecule has 1 aromatic carbocycles. The predicted molar refractivity (Wildman–Crippen MR) is 84.8 cm³/mol. The second kappa shape index (κ2) is 7.28. The van der Waals surface area contributed by atoms with Crippen LogP contribution in [-0.4, -0.2) is 33.0 Å². The fraction of sp³-hybridized carbons (Fsp3) is 0.538. The van der Waals surface area contributed by atoms with Crippen LogP contribution in [0, 0.1) is 5.82 Å². The topological polar surface area (TPSA) is 58.2 Å². The highest BCUT2D eigenvalue weighted by Crippen LogP contribution is 2.25. The SMILES string of the molecule is CNCc1cc(S(=O)(=O)NC2CCSCC2)cc(F)c1Cl. The van der Waals surface area contributed by atoms with Crippen LogP contribution in [0.5, 0.6) is 0 Å². The number of thioether (sulfide) groups is 1. The molecule has 1 aliphatic heterocycles. The van der Waals surface area contributed by atoms with Crippen molar-refractivity contribution in [2.24, 2.45) is 0 Å². The molecule has 1 aromatic rings. The summed E-state index contributed by atoms with van der Waals surface area (Å²) in [4.78, 5) is -0.0760. The van der Waals surface area contributed by atoms with Crippen molar-refractivity contribution < 1.29 is 12.8 Å². The number of sulfonamides is 1. The van der Waals surface area contributed by atoms with E-state index in [1.807, 2.05) is 11.8 Å². The van der Waals surface area contributed by atoms with Crippen molar-refractivity contribution in [2.75, 3.05) is 18.6 Å². The molecule has 1 aliphatic rings. The molecule has 0 spiro atoms. The molecule has 0 aromatic heterocycles. The molecule has 0 aliphatic carbocycles. The van der Waals surface area contributed by atoms with E-state index in [0.29, 0.717) is 12.1 Å².